The number of ether oxygens (including phenoxy) is 1. The van der Waals surface area contributed by atoms with Crippen LogP contribution in [0.2, 0.25) is 0 Å². The molecular weight excluding hydrogens is 422 g/mol. The smallest absolute Gasteiger partial charge is 0.341 e. The molecule has 2 aliphatic rings. The van der Waals surface area contributed by atoms with E-state index in [4.69, 9.17) is 4.74 Å². The summed E-state index contributed by atoms with van der Waals surface area (Å²) in [5.74, 6) is -3.17. The number of hydrogen-bond donors (Lipinski definition) is 2. The molecule has 0 radical (unpaired) electrons. The fourth-order valence-corrected chi connectivity index (χ4v) is 4.66. The maximum Gasteiger partial charge on any atom is 0.341 e. The Morgan fingerprint density at radius 2 is 2.03 bits per heavy atom. The Bertz CT molecular complexity index is 1080. The fourth-order valence-electron chi connectivity index (χ4n) is 4.66. The molecule has 0 saturated carbocycles. The molecule has 174 valence electrons. The summed E-state index contributed by atoms with van der Waals surface area (Å²) < 4.78 is 38.2. The third-order valence-corrected chi connectivity index (χ3v) is 6.48. The highest BCUT2D eigenvalue weighted by Crippen LogP contribution is 2.32. The number of aromatic carboxylic acids is 1. The second kappa shape index (κ2) is 9.13. The Balaban J connectivity index is 1.73. The van der Waals surface area contributed by atoms with Crippen LogP contribution in [0.1, 0.15) is 24.2 Å². The van der Waals surface area contributed by atoms with Crippen LogP contribution in [0.5, 0.6) is 0 Å². The number of carboxylic acid groups (broad SMARTS) is 1. The number of rotatable bonds is 5. The van der Waals surface area contributed by atoms with Gasteiger partial charge < -0.3 is 24.6 Å². The zero-order valence-corrected chi connectivity index (χ0v) is 18.2. The molecule has 2 unspecified atom stereocenters. The van der Waals surface area contributed by atoms with Crippen LogP contribution in [0.3, 0.4) is 0 Å². The monoisotopic (exact) mass is 450 g/mol. The predicted octanol–water partition coefficient (Wildman–Crippen LogP) is 1.50. The molecule has 10 heteroatoms. The van der Waals surface area contributed by atoms with Crippen LogP contribution in [0.25, 0.3) is 10.9 Å². The zero-order chi connectivity index (χ0) is 23.0. The van der Waals surface area contributed by atoms with Gasteiger partial charge in [-0.3, -0.25) is 9.69 Å². The number of carboxylic acids is 1. The minimum atomic E-state index is -1.43. The van der Waals surface area contributed by atoms with E-state index in [0.29, 0.717) is 19.7 Å². The number of aryl methyl sites for hydroxylation is 1. The van der Waals surface area contributed by atoms with E-state index in [2.05, 4.69) is 17.1 Å². The molecule has 2 fully saturated rings. The van der Waals surface area contributed by atoms with E-state index in [-0.39, 0.29) is 35.3 Å². The van der Waals surface area contributed by atoms with E-state index < -0.39 is 28.6 Å². The van der Waals surface area contributed by atoms with E-state index in [1.54, 1.807) is 11.8 Å². The van der Waals surface area contributed by atoms with Gasteiger partial charge in [0, 0.05) is 58.1 Å². The minimum absolute atomic E-state index is 0.0819. The molecule has 2 saturated heterocycles. The first-order chi connectivity index (χ1) is 15.3. The molecule has 0 aliphatic carbocycles. The van der Waals surface area contributed by atoms with Crippen LogP contribution in [0.4, 0.5) is 14.5 Å². The highest BCUT2D eigenvalue weighted by atomic mass is 19.1. The third kappa shape index (κ3) is 3.98. The van der Waals surface area contributed by atoms with Gasteiger partial charge in [0.1, 0.15) is 17.1 Å². The summed E-state index contributed by atoms with van der Waals surface area (Å²) in [6.45, 7) is 8.50. The Hall–Kier alpha value is -2.56. The average Bonchev–Trinajstić information content (AvgIpc) is 2.79. The molecule has 0 spiro atoms. The van der Waals surface area contributed by atoms with Gasteiger partial charge in [0.2, 0.25) is 5.43 Å². The van der Waals surface area contributed by atoms with Gasteiger partial charge in [-0.1, -0.05) is 0 Å². The average molecular weight is 450 g/mol. The van der Waals surface area contributed by atoms with E-state index in [1.165, 1.54) is 4.57 Å². The van der Waals surface area contributed by atoms with Crippen molar-refractivity contribution in [2.45, 2.75) is 32.5 Å². The number of morpholine rings is 1. The van der Waals surface area contributed by atoms with Crippen molar-refractivity contribution in [1.29, 1.82) is 0 Å². The van der Waals surface area contributed by atoms with Gasteiger partial charge in [0.05, 0.1) is 23.6 Å². The number of aromatic nitrogens is 1. The summed E-state index contributed by atoms with van der Waals surface area (Å²) in [7, 11) is 0. The molecule has 2 aliphatic heterocycles. The normalized spacial score (nSPS) is 21.1. The van der Waals surface area contributed by atoms with Gasteiger partial charge in [-0.05, 0) is 19.9 Å². The number of nitrogens with zero attached hydrogens (tertiary/aromatic N) is 3. The molecule has 8 nitrogen and oxygen atoms in total. The zero-order valence-electron chi connectivity index (χ0n) is 18.2. The molecule has 0 bridgehead atoms. The number of carbonyl (C=O) groups is 1. The third-order valence-electron chi connectivity index (χ3n) is 6.48. The number of fused-ring (bicyclic) bond motifs is 1. The maximum atomic E-state index is 15.7. The van der Waals surface area contributed by atoms with Crippen LogP contribution in [-0.4, -0.2) is 78.6 Å². The Kier molecular flexibility index (Phi) is 6.45. The molecule has 0 amide bonds. The lowest BCUT2D eigenvalue weighted by Gasteiger charge is -2.42. The Labute approximate surface area is 184 Å². The van der Waals surface area contributed by atoms with Crippen molar-refractivity contribution in [3.8, 4) is 0 Å². The van der Waals surface area contributed by atoms with Crippen molar-refractivity contribution in [3.63, 3.8) is 0 Å². The van der Waals surface area contributed by atoms with Crippen molar-refractivity contribution in [1.82, 2.24) is 14.8 Å². The van der Waals surface area contributed by atoms with Gasteiger partial charge >= 0.3 is 5.97 Å². The number of piperazine rings is 1. The predicted molar refractivity (Wildman–Crippen MR) is 117 cm³/mol. The van der Waals surface area contributed by atoms with Gasteiger partial charge in [0.25, 0.3) is 0 Å². The van der Waals surface area contributed by atoms with Crippen LogP contribution >= 0.6 is 0 Å². The maximum absolute atomic E-state index is 15.7. The first kappa shape index (κ1) is 22.6. The van der Waals surface area contributed by atoms with E-state index in [1.807, 2.05) is 0 Å². The van der Waals surface area contributed by atoms with Crippen LogP contribution in [-0.2, 0) is 11.3 Å². The summed E-state index contributed by atoms with van der Waals surface area (Å²) in [4.78, 5) is 27.9. The molecule has 2 aromatic rings. The summed E-state index contributed by atoms with van der Waals surface area (Å²) >= 11 is 0. The molecular formula is C22H28F2N4O4. The number of pyridine rings is 1. The topological polar surface area (TPSA) is 87.0 Å². The largest absolute Gasteiger partial charge is 0.477 e. The SMILES string of the molecule is CCn1cc(C(=O)O)c(=O)c2cc(F)c(N3CCOC(C(C)N4CCNCC4)C3)c(F)c21. The lowest BCUT2D eigenvalue weighted by atomic mass is 10.1. The molecule has 2 atom stereocenters. The summed E-state index contributed by atoms with van der Waals surface area (Å²) in [6, 6.07) is 1.04. The lowest BCUT2D eigenvalue weighted by Crippen LogP contribution is -2.56. The highest BCUT2D eigenvalue weighted by Gasteiger charge is 2.33. The summed E-state index contributed by atoms with van der Waals surface area (Å²) in [6.07, 6.45) is 0.894. The van der Waals surface area contributed by atoms with Crippen LogP contribution in [0.15, 0.2) is 17.1 Å². The quantitative estimate of drug-likeness (QED) is 0.714. The van der Waals surface area contributed by atoms with Crippen LogP contribution in [0, 0.1) is 11.6 Å². The molecule has 1 aromatic carbocycles. The fraction of sp³-hybridized carbons (Fsp3) is 0.545. The van der Waals surface area contributed by atoms with Crippen molar-refractivity contribution in [2.75, 3.05) is 50.8 Å². The number of hydrogen-bond acceptors (Lipinski definition) is 6. The molecule has 32 heavy (non-hydrogen) atoms. The number of benzene rings is 1. The minimum Gasteiger partial charge on any atom is -0.477 e. The first-order valence-electron chi connectivity index (χ1n) is 10.9. The van der Waals surface area contributed by atoms with Crippen molar-refractivity contribution >= 4 is 22.6 Å². The summed E-state index contributed by atoms with van der Waals surface area (Å²) in [5.41, 5.74) is -1.70. The molecule has 2 N–H and O–H groups in total. The second-order valence-corrected chi connectivity index (χ2v) is 8.26. The van der Waals surface area contributed by atoms with E-state index in [9.17, 15) is 14.7 Å². The van der Waals surface area contributed by atoms with Gasteiger partial charge in [-0.15, -0.1) is 0 Å². The second-order valence-electron chi connectivity index (χ2n) is 8.26. The van der Waals surface area contributed by atoms with E-state index in [0.717, 1.165) is 38.4 Å². The van der Waals surface area contributed by atoms with Gasteiger partial charge in [-0.25, -0.2) is 13.6 Å². The molecule has 4 rings (SSSR count). The standard InChI is InChI=1S/C22H28F2N4O4/c1-3-26-11-15(22(30)31)21(29)14-10-16(23)20(18(24)19(14)26)28-8-9-32-17(12-28)13(2)27-6-4-25-5-7-27/h10-11,13,17,25H,3-9,12H2,1-2H3,(H,30,31). The highest BCUT2D eigenvalue weighted by molar-refractivity contribution is 5.93. The number of anilines is 1. The Morgan fingerprint density at radius 3 is 2.69 bits per heavy atom. The van der Waals surface area contributed by atoms with E-state index >= 15 is 8.78 Å². The van der Waals surface area contributed by atoms with Crippen molar-refractivity contribution in [2.24, 2.45) is 0 Å². The molecule has 1 aromatic heterocycles. The first-order valence-corrected chi connectivity index (χ1v) is 10.9. The van der Waals surface area contributed by atoms with Crippen molar-refractivity contribution < 1.29 is 23.4 Å². The molecule has 3 heterocycles. The van der Waals surface area contributed by atoms with Gasteiger partial charge in [0.15, 0.2) is 5.82 Å². The lowest BCUT2D eigenvalue weighted by molar-refractivity contribution is -0.0202. The van der Waals surface area contributed by atoms with Gasteiger partial charge in [-0.2, -0.15) is 0 Å². The van der Waals surface area contributed by atoms with Crippen molar-refractivity contribution in [3.05, 3.63) is 39.7 Å². The number of nitrogens with one attached hydrogen (secondary N) is 1. The van der Waals surface area contributed by atoms with Crippen LogP contribution < -0.4 is 15.6 Å². The Morgan fingerprint density at radius 1 is 1.31 bits per heavy atom. The summed E-state index contributed by atoms with van der Waals surface area (Å²) in [5, 5.41) is 12.3. The number of halogens is 2.